The van der Waals surface area contributed by atoms with Gasteiger partial charge < -0.3 is 20.9 Å². The standard InChI is InChI=1S/C22H25ClN6/c1-15-5-3-8-19(16(15)2)28-9-11-29(12-10-28)22-20(24)21(25-14-26-22)27-18-7-4-6-17(23)13-18/h3-8,13-14H,9-12,24H2,1-2H3,(H,25,26,27). The van der Waals surface area contributed by atoms with Gasteiger partial charge in [-0.1, -0.05) is 29.8 Å². The highest BCUT2D eigenvalue weighted by atomic mass is 35.5. The Labute approximate surface area is 176 Å². The van der Waals surface area contributed by atoms with E-state index in [4.69, 9.17) is 17.3 Å². The van der Waals surface area contributed by atoms with E-state index in [1.54, 1.807) is 6.33 Å². The van der Waals surface area contributed by atoms with Crippen molar-refractivity contribution in [3.8, 4) is 0 Å². The number of nitrogens with zero attached hydrogens (tertiary/aromatic N) is 4. The van der Waals surface area contributed by atoms with Crippen LogP contribution in [0, 0.1) is 13.8 Å². The Morgan fingerprint density at radius 3 is 2.45 bits per heavy atom. The molecule has 1 aliphatic heterocycles. The highest BCUT2D eigenvalue weighted by Gasteiger charge is 2.22. The molecule has 2 aromatic carbocycles. The maximum absolute atomic E-state index is 6.41. The van der Waals surface area contributed by atoms with Gasteiger partial charge in [0.15, 0.2) is 11.6 Å². The minimum absolute atomic E-state index is 0.549. The van der Waals surface area contributed by atoms with Crippen LogP contribution in [0.3, 0.4) is 0 Å². The lowest BCUT2D eigenvalue weighted by Crippen LogP contribution is -2.47. The van der Waals surface area contributed by atoms with Gasteiger partial charge in [-0.05, 0) is 49.2 Å². The molecule has 0 saturated carbocycles. The number of nitrogens with one attached hydrogen (secondary N) is 1. The molecule has 4 rings (SSSR count). The van der Waals surface area contributed by atoms with Crippen molar-refractivity contribution in [2.24, 2.45) is 0 Å². The van der Waals surface area contributed by atoms with Gasteiger partial charge in [0, 0.05) is 42.6 Å². The van der Waals surface area contributed by atoms with E-state index in [9.17, 15) is 0 Å². The van der Waals surface area contributed by atoms with E-state index < -0.39 is 0 Å². The first-order valence-electron chi connectivity index (χ1n) is 9.72. The van der Waals surface area contributed by atoms with Gasteiger partial charge in [-0.25, -0.2) is 9.97 Å². The van der Waals surface area contributed by atoms with Crippen molar-refractivity contribution in [3.05, 3.63) is 64.9 Å². The molecule has 0 unspecified atom stereocenters. The number of aromatic nitrogens is 2. The van der Waals surface area contributed by atoms with Crippen molar-refractivity contribution >= 4 is 40.3 Å². The number of nitrogen functional groups attached to an aromatic ring is 1. The summed E-state index contributed by atoms with van der Waals surface area (Å²) < 4.78 is 0. The molecule has 0 aliphatic carbocycles. The topological polar surface area (TPSA) is 70.3 Å². The van der Waals surface area contributed by atoms with Gasteiger partial charge in [0.05, 0.1) is 0 Å². The molecule has 0 radical (unpaired) electrons. The monoisotopic (exact) mass is 408 g/mol. The number of hydrogen-bond acceptors (Lipinski definition) is 6. The van der Waals surface area contributed by atoms with Gasteiger partial charge in [0.1, 0.15) is 12.0 Å². The summed E-state index contributed by atoms with van der Waals surface area (Å²) in [5.41, 5.74) is 11.8. The molecule has 1 aromatic heterocycles. The Morgan fingerprint density at radius 1 is 0.966 bits per heavy atom. The van der Waals surface area contributed by atoms with E-state index in [2.05, 4.69) is 57.1 Å². The molecule has 0 spiro atoms. The predicted octanol–water partition coefficient (Wildman–Crippen LogP) is 4.40. The van der Waals surface area contributed by atoms with Gasteiger partial charge in [-0.2, -0.15) is 0 Å². The molecule has 29 heavy (non-hydrogen) atoms. The summed E-state index contributed by atoms with van der Waals surface area (Å²) in [6, 6.07) is 14.0. The summed E-state index contributed by atoms with van der Waals surface area (Å²) in [7, 11) is 0. The number of benzene rings is 2. The fourth-order valence-corrected chi connectivity index (χ4v) is 3.87. The van der Waals surface area contributed by atoms with E-state index >= 15 is 0 Å². The van der Waals surface area contributed by atoms with Crippen LogP contribution in [0.4, 0.5) is 28.7 Å². The van der Waals surface area contributed by atoms with Crippen molar-refractivity contribution in [1.29, 1.82) is 0 Å². The van der Waals surface area contributed by atoms with Gasteiger partial charge in [0.2, 0.25) is 0 Å². The maximum Gasteiger partial charge on any atom is 0.159 e. The molecule has 1 aliphatic rings. The third kappa shape index (κ3) is 4.07. The molecule has 3 N–H and O–H groups in total. The molecular formula is C22H25ClN6. The van der Waals surface area contributed by atoms with E-state index in [0.29, 0.717) is 16.5 Å². The second kappa shape index (κ2) is 8.17. The molecule has 1 fully saturated rings. The fraction of sp³-hybridized carbons (Fsp3) is 0.273. The van der Waals surface area contributed by atoms with Crippen LogP contribution in [0.5, 0.6) is 0 Å². The Hall–Kier alpha value is -2.99. The van der Waals surface area contributed by atoms with Crippen molar-refractivity contribution in [2.45, 2.75) is 13.8 Å². The molecule has 3 aromatic rings. The number of anilines is 5. The molecule has 0 atom stereocenters. The zero-order valence-corrected chi connectivity index (χ0v) is 17.4. The molecule has 150 valence electrons. The molecule has 7 heteroatoms. The van der Waals surface area contributed by atoms with Crippen LogP contribution in [0.15, 0.2) is 48.8 Å². The predicted molar refractivity (Wildman–Crippen MR) is 122 cm³/mol. The number of rotatable bonds is 4. The molecule has 1 saturated heterocycles. The highest BCUT2D eigenvalue weighted by molar-refractivity contribution is 6.30. The van der Waals surface area contributed by atoms with Crippen molar-refractivity contribution in [3.63, 3.8) is 0 Å². The third-order valence-corrected chi connectivity index (χ3v) is 5.68. The number of nitrogens with two attached hydrogens (primary N) is 1. The van der Waals surface area contributed by atoms with Crippen LogP contribution >= 0.6 is 11.6 Å². The summed E-state index contributed by atoms with van der Waals surface area (Å²) in [5.74, 6) is 1.36. The first-order valence-corrected chi connectivity index (χ1v) is 10.1. The SMILES string of the molecule is Cc1cccc(N2CCN(c3ncnc(Nc4cccc(Cl)c4)c3N)CC2)c1C. The van der Waals surface area contributed by atoms with Gasteiger partial charge in [-0.15, -0.1) is 0 Å². The third-order valence-electron chi connectivity index (χ3n) is 5.45. The second-order valence-electron chi connectivity index (χ2n) is 7.29. The molecule has 6 nitrogen and oxygen atoms in total. The fourth-order valence-electron chi connectivity index (χ4n) is 3.68. The number of piperazine rings is 1. The van der Waals surface area contributed by atoms with Crippen LogP contribution in [-0.4, -0.2) is 36.1 Å². The Kier molecular flexibility index (Phi) is 5.45. The lowest BCUT2D eigenvalue weighted by Gasteiger charge is -2.38. The summed E-state index contributed by atoms with van der Waals surface area (Å²) in [6.07, 6.45) is 1.55. The molecule has 2 heterocycles. The van der Waals surface area contributed by atoms with Gasteiger partial charge >= 0.3 is 0 Å². The quantitative estimate of drug-likeness (QED) is 0.666. The van der Waals surface area contributed by atoms with E-state index in [1.165, 1.54) is 16.8 Å². The van der Waals surface area contributed by atoms with Crippen molar-refractivity contribution in [1.82, 2.24) is 9.97 Å². The lowest BCUT2D eigenvalue weighted by atomic mass is 10.1. The first kappa shape index (κ1) is 19.3. The summed E-state index contributed by atoms with van der Waals surface area (Å²) in [4.78, 5) is 13.4. The van der Waals surface area contributed by atoms with Gasteiger partial charge in [-0.3, -0.25) is 0 Å². The Balaban J connectivity index is 1.49. The number of hydrogen-bond donors (Lipinski definition) is 2. The first-order chi connectivity index (χ1) is 14.0. The minimum atomic E-state index is 0.549. The van der Waals surface area contributed by atoms with Gasteiger partial charge in [0.25, 0.3) is 0 Å². The highest BCUT2D eigenvalue weighted by Crippen LogP contribution is 2.31. The van der Waals surface area contributed by atoms with Crippen LogP contribution < -0.4 is 20.9 Å². The van der Waals surface area contributed by atoms with E-state index in [0.717, 1.165) is 37.7 Å². The summed E-state index contributed by atoms with van der Waals surface area (Å²) in [5, 5.41) is 3.90. The zero-order valence-electron chi connectivity index (χ0n) is 16.7. The smallest absolute Gasteiger partial charge is 0.159 e. The average Bonchev–Trinajstić information content (AvgIpc) is 2.72. The van der Waals surface area contributed by atoms with Crippen LogP contribution in [0.2, 0.25) is 5.02 Å². The lowest BCUT2D eigenvalue weighted by molar-refractivity contribution is 0.646. The summed E-state index contributed by atoms with van der Waals surface area (Å²) in [6.45, 7) is 7.89. The summed E-state index contributed by atoms with van der Waals surface area (Å²) >= 11 is 6.07. The largest absolute Gasteiger partial charge is 0.393 e. The van der Waals surface area contributed by atoms with Crippen molar-refractivity contribution in [2.75, 3.05) is 47.0 Å². The van der Waals surface area contributed by atoms with E-state index in [-0.39, 0.29) is 0 Å². The minimum Gasteiger partial charge on any atom is -0.393 e. The number of halogens is 1. The second-order valence-corrected chi connectivity index (χ2v) is 7.72. The normalized spacial score (nSPS) is 14.2. The Bertz CT molecular complexity index is 1010. The number of aryl methyl sites for hydroxylation is 1. The van der Waals surface area contributed by atoms with Crippen LogP contribution in [0.25, 0.3) is 0 Å². The molecule has 0 amide bonds. The Morgan fingerprint density at radius 2 is 1.69 bits per heavy atom. The molecule has 0 bridgehead atoms. The molecular weight excluding hydrogens is 384 g/mol. The van der Waals surface area contributed by atoms with Crippen LogP contribution in [-0.2, 0) is 0 Å². The zero-order chi connectivity index (χ0) is 20.4. The van der Waals surface area contributed by atoms with E-state index in [1.807, 2.05) is 24.3 Å². The van der Waals surface area contributed by atoms with Crippen LogP contribution in [0.1, 0.15) is 11.1 Å². The maximum atomic E-state index is 6.41. The van der Waals surface area contributed by atoms with Crippen molar-refractivity contribution < 1.29 is 0 Å². The average molecular weight is 409 g/mol.